The van der Waals surface area contributed by atoms with E-state index in [4.69, 9.17) is 5.73 Å². The highest BCUT2D eigenvalue weighted by atomic mass is 32.2. The predicted molar refractivity (Wildman–Crippen MR) is 69.8 cm³/mol. The molecule has 4 nitrogen and oxygen atoms in total. The molecule has 90 valence electrons. The van der Waals surface area contributed by atoms with Gasteiger partial charge in [0, 0.05) is 23.4 Å². The SMILES string of the molecule is Cc1ccc(SCCn2cc(CN)nn2)cc1. The molecule has 1 aromatic heterocycles. The fraction of sp³-hybridized carbons (Fsp3) is 0.333. The molecule has 0 atom stereocenters. The maximum absolute atomic E-state index is 5.48. The van der Waals surface area contributed by atoms with E-state index in [-0.39, 0.29) is 0 Å². The highest BCUT2D eigenvalue weighted by Crippen LogP contribution is 2.18. The molecule has 0 fully saturated rings. The summed E-state index contributed by atoms with van der Waals surface area (Å²) in [6.45, 7) is 3.40. The average Bonchev–Trinajstić information content (AvgIpc) is 2.80. The number of hydrogen-bond acceptors (Lipinski definition) is 4. The van der Waals surface area contributed by atoms with E-state index in [9.17, 15) is 0 Å². The van der Waals surface area contributed by atoms with E-state index in [0.717, 1.165) is 18.0 Å². The van der Waals surface area contributed by atoms with Gasteiger partial charge in [0.15, 0.2) is 0 Å². The van der Waals surface area contributed by atoms with Crippen LogP contribution in [0, 0.1) is 6.92 Å². The highest BCUT2D eigenvalue weighted by molar-refractivity contribution is 7.99. The van der Waals surface area contributed by atoms with Crippen LogP contribution in [0.25, 0.3) is 0 Å². The minimum atomic E-state index is 0.450. The van der Waals surface area contributed by atoms with Crippen molar-refractivity contribution >= 4 is 11.8 Å². The third-order valence-corrected chi connectivity index (χ3v) is 3.40. The quantitative estimate of drug-likeness (QED) is 0.820. The topological polar surface area (TPSA) is 56.7 Å². The third kappa shape index (κ3) is 3.57. The first-order chi connectivity index (χ1) is 8.28. The number of hydrogen-bond donors (Lipinski definition) is 1. The largest absolute Gasteiger partial charge is 0.325 e. The molecule has 0 aliphatic heterocycles. The molecule has 2 aromatic rings. The zero-order valence-corrected chi connectivity index (χ0v) is 10.7. The summed E-state index contributed by atoms with van der Waals surface area (Å²) in [7, 11) is 0. The standard InChI is InChI=1S/C12H16N4S/c1-10-2-4-12(5-3-10)17-7-6-16-9-11(8-13)14-15-16/h2-5,9H,6-8,13H2,1H3. The Balaban J connectivity index is 1.81. The van der Waals surface area contributed by atoms with E-state index >= 15 is 0 Å². The Labute approximate surface area is 105 Å². The van der Waals surface area contributed by atoms with Crippen molar-refractivity contribution < 1.29 is 0 Å². The fourth-order valence-electron chi connectivity index (χ4n) is 1.43. The van der Waals surface area contributed by atoms with Crippen molar-refractivity contribution in [2.45, 2.75) is 24.9 Å². The molecule has 2 N–H and O–H groups in total. The number of aromatic nitrogens is 3. The van der Waals surface area contributed by atoms with E-state index in [2.05, 4.69) is 41.5 Å². The van der Waals surface area contributed by atoms with Gasteiger partial charge in [-0.3, -0.25) is 4.68 Å². The van der Waals surface area contributed by atoms with Gasteiger partial charge < -0.3 is 5.73 Å². The lowest BCUT2D eigenvalue weighted by molar-refractivity contribution is 0.632. The lowest BCUT2D eigenvalue weighted by Gasteiger charge is -2.02. The minimum Gasteiger partial charge on any atom is -0.325 e. The van der Waals surface area contributed by atoms with Gasteiger partial charge >= 0.3 is 0 Å². The van der Waals surface area contributed by atoms with Gasteiger partial charge in [-0.15, -0.1) is 16.9 Å². The lowest BCUT2D eigenvalue weighted by Crippen LogP contribution is -2.01. The Hall–Kier alpha value is -1.33. The summed E-state index contributed by atoms with van der Waals surface area (Å²) in [6.07, 6.45) is 1.90. The third-order valence-electron chi connectivity index (χ3n) is 2.41. The van der Waals surface area contributed by atoms with Gasteiger partial charge in [0.25, 0.3) is 0 Å². The van der Waals surface area contributed by atoms with Crippen molar-refractivity contribution in [3.63, 3.8) is 0 Å². The maximum atomic E-state index is 5.48. The van der Waals surface area contributed by atoms with Crippen molar-refractivity contribution in [3.8, 4) is 0 Å². The molecule has 0 unspecified atom stereocenters. The molecule has 0 amide bonds. The summed E-state index contributed by atoms with van der Waals surface area (Å²) in [6, 6.07) is 8.55. The van der Waals surface area contributed by atoms with Crippen LogP contribution in [0.5, 0.6) is 0 Å². The first kappa shape index (κ1) is 12.1. The maximum Gasteiger partial charge on any atom is 0.0962 e. The van der Waals surface area contributed by atoms with Crippen molar-refractivity contribution in [2.75, 3.05) is 5.75 Å². The van der Waals surface area contributed by atoms with Gasteiger partial charge in [0.05, 0.1) is 12.2 Å². The van der Waals surface area contributed by atoms with E-state index in [1.54, 1.807) is 0 Å². The van der Waals surface area contributed by atoms with Crippen molar-refractivity contribution in [1.29, 1.82) is 0 Å². The van der Waals surface area contributed by atoms with Gasteiger partial charge in [-0.25, -0.2) is 0 Å². The Bertz CT molecular complexity index is 464. The van der Waals surface area contributed by atoms with Crippen LogP contribution in [0.2, 0.25) is 0 Å². The second-order valence-electron chi connectivity index (χ2n) is 3.84. The minimum absolute atomic E-state index is 0.450. The van der Waals surface area contributed by atoms with Gasteiger partial charge in [-0.05, 0) is 19.1 Å². The van der Waals surface area contributed by atoms with Crippen LogP contribution in [0.3, 0.4) is 0 Å². The second-order valence-corrected chi connectivity index (χ2v) is 5.01. The molecule has 0 saturated heterocycles. The zero-order chi connectivity index (χ0) is 12.1. The molecule has 0 aliphatic carbocycles. The monoisotopic (exact) mass is 248 g/mol. The molecule has 0 spiro atoms. The summed E-state index contributed by atoms with van der Waals surface area (Å²) >= 11 is 1.82. The van der Waals surface area contributed by atoms with Crippen LogP contribution in [0.4, 0.5) is 0 Å². The molecular weight excluding hydrogens is 232 g/mol. The number of rotatable bonds is 5. The van der Waals surface area contributed by atoms with Crippen molar-refractivity contribution in [1.82, 2.24) is 15.0 Å². The molecule has 0 bridgehead atoms. The molecule has 0 aliphatic rings. The van der Waals surface area contributed by atoms with Crippen LogP contribution in [-0.4, -0.2) is 20.7 Å². The van der Waals surface area contributed by atoms with Gasteiger partial charge in [-0.2, -0.15) is 0 Å². The first-order valence-corrected chi connectivity index (χ1v) is 6.55. The molecule has 17 heavy (non-hydrogen) atoms. The zero-order valence-electron chi connectivity index (χ0n) is 9.84. The van der Waals surface area contributed by atoms with Crippen LogP contribution in [0.1, 0.15) is 11.3 Å². The predicted octanol–water partition coefficient (Wildman–Crippen LogP) is 1.84. The van der Waals surface area contributed by atoms with Gasteiger partial charge in [0.2, 0.25) is 0 Å². The van der Waals surface area contributed by atoms with E-state index in [0.29, 0.717) is 6.54 Å². The molecular formula is C12H16N4S. The van der Waals surface area contributed by atoms with Crippen LogP contribution in [0.15, 0.2) is 35.4 Å². The average molecular weight is 248 g/mol. The number of benzene rings is 1. The van der Waals surface area contributed by atoms with E-state index in [1.165, 1.54) is 10.5 Å². The Morgan fingerprint density at radius 2 is 2.06 bits per heavy atom. The molecule has 0 radical (unpaired) electrons. The van der Waals surface area contributed by atoms with E-state index in [1.807, 2.05) is 22.6 Å². The van der Waals surface area contributed by atoms with Crippen LogP contribution < -0.4 is 5.73 Å². The molecule has 2 rings (SSSR count). The normalized spacial score (nSPS) is 10.7. The summed E-state index contributed by atoms with van der Waals surface area (Å²) in [5.74, 6) is 0.983. The van der Waals surface area contributed by atoms with E-state index < -0.39 is 0 Å². The van der Waals surface area contributed by atoms with Gasteiger partial charge in [0.1, 0.15) is 0 Å². The number of nitrogens with zero attached hydrogens (tertiary/aromatic N) is 3. The number of aryl methyl sites for hydroxylation is 2. The Morgan fingerprint density at radius 3 is 2.71 bits per heavy atom. The van der Waals surface area contributed by atoms with Crippen molar-refractivity contribution in [3.05, 3.63) is 41.7 Å². The Morgan fingerprint density at radius 1 is 1.29 bits per heavy atom. The number of nitrogens with two attached hydrogens (primary N) is 1. The molecule has 1 heterocycles. The first-order valence-electron chi connectivity index (χ1n) is 5.56. The highest BCUT2D eigenvalue weighted by Gasteiger charge is 1.99. The summed E-state index contributed by atoms with van der Waals surface area (Å²) in [4.78, 5) is 1.29. The van der Waals surface area contributed by atoms with Gasteiger partial charge in [-0.1, -0.05) is 22.9 Å². The molecule has 5 heteroatoms. The second kappa shape index (κ2) is 5.84. The molecule has 0 saturated carbocycles. The van der Waals surface area contributed by atoms with Crippen LogP contribution in [-0.2, 0) is 13.1 Å². The number of thioether (sulfide) groups is 1. The summed E-state index contributed by atoms with van der Waals surface area (Å²) in [5, 5.41) is 7.96. The smallest absolute Gasteiger partial charge is 0.0962 e. The summed E-state index contributed by atoms with van der Waals surface area (Å²) in [5.41, 5.74) is 7.60. The van der Waals surface area contributed by atoms with Crippen LogP contribution >= 0.6 is 11.8 Å². The summed E-state index contributed by atoms with van der Waals surface area (Å²) < 4.78 is 1.84. The fourth-order valence-corrected chi connectivity index (χ4v) is 2.28. The Kier molecular flexibility index (Phi) is 4.17. The van der Waals surface area contributed by atoms with Crippen molar-refractivity contribution in [2.24, 2.45) is 5.73 Å². The lowest BCUT2D eigenvalue weighted by atomic mass is 10.2. The molecule has 1 aromatic carbocycles.